The number of rotatable bonds is 0. The Kier molecular flexibility index (Phi) is 1580. The molecule has 0 aliphatic rings. The van der Waals surface area contributed by atoms with Crippen molar-refractivity contribution in [2.45, 2.75) is 0 Å². The Morgan fingerprint density at radius 2 is 0.474 bits per heavy atom. The molecule has 0 fully saturated rings. The summed E-state index contributed by atoms with van der Waals surface area (Å²) in [5.41, 5.74) is 0. The molecule has 0 aromatic rings. The molecule has 0 atom stereocenters. The fourth-order valence-corrected chi connectivity index (χ4v) is 0. The molecule has 0 aromatic heterocycles. The van der Waals surface area contributed by atoms with Crippen LogP contribution in [0.25, 0.3) is 0 Å². The first-order valence-electron chi connectivity index (χ1n) is 0.667. The standard InChI is InChI=1S/Cr.K.H2O4S.12H2O/c;;1-5(2,3)4;;;;;;;;;;;;/h;;(H2,1,2,3,4);12*1H2/q+2;+1;;;;;;;;;;;;;/p-2. The molecule has 0 spiro atoms. The van der Waals surface area contributed by atoms with Crippen LogP contribution in [0.3, 0.4) is 0 Å². The number of hydrogen-bond donors (Lipinski definition) is 0. The molecule has 0 rings (SSSR count). The maximum Gasteiger partial charge on any atom is 2.00 e. The summed E-state index contributed by atoms with van der Waals surface area (Å²) in [5, 5.41) is 0. The molecule has 24 N–H and O–H groups in total. The predicted octanol–water partition coefficient (Wildman–Crippen LogP) is -14.2. The van der Waals surface area contributed by atoms with Gasteiger partial charge in [-0.1, -0.05) is 0 Å². The van der Waals surface area contributed by atoms with Crippen LogP contribution in [0.15, 0.2) is 0 Å². The van der Waals surface area contributed by atoms with E-state index >= 15 is 0 Å². The molecular formula is H24CrKO16S+. The van der Waals surface area contributed by atoms with Gasteiger partial charge in [0.05, 0.1) is 0 Å². The van der Waals surface area contributed by atoms with E-state index in [2.05, 4.69) is 0 Å². The second-order valence-corrected chi connectivity index (χ2v) is 1.22. The van der Waals surface area contributed by atoms with Gasteiger partial charge in [-0.2, -0.15) is 0 Å². The molecule has 0 aliphatic carbocycles. The van der Waals surface area contributed by atoms with E-state index in [-0.39, 0.29) is 134 Å². The molecule has 19 heteroatoms. The van der Waals surface area contributed by atoms with Crippen LogP contribution in [-0.4, -0.2) is 83.2 Å². The van der Waals surface area contributed by atoms with E-state index in [1.165, 1.54) is 0 Å². The van der Waals surface area contributed by atoms with Crippen LogP contribution in [0, 0.1) is 0 Å². The molecule has 0 saturated heterocycles. The Morgan fingerprint density at radius 1 is 0.474 bits per heavy atom. The molecule has 0 amide bonds. The van der Waals surface area contributed by atoms with Gasteiger partial charge in [0.1, 0.15) is 0 Å². The minimum Gasteiger partial charge on any atom is -0.759 e. The van der Waals surface area contributed by atoms with Gasteiger partial charge < -0.3 is 74.8 Å². The van der Waals surface area contributed by atoms with Gasteiger partial charge in [-0.3, -0.25) is 8.42 Å². The van der Waals surface area contributed by atoms with E-state index in [9.17, 15) is 0 Å². The zero-order valence-electron chi connectivity index (χ0n) is 9.45. The zero-order chi connectivity index (χ0) is 4.50. The molecular weight excluding hydrogens is 379 g/mol. The second kappa shape index (κ2) is 118. The Morgan fingerprint density at radius 3 is 0.474 bits per heavy atom. The first-order valence-corrected chi connectivity index (χ1v) is 2.00. The molecule has 19 heavy (non-hydrogen) atoms. The molecule has 0 bridgehead atoms. The quantitative estimate of drug-likeness (QED) is 0.215. The maximum atomic E-state index is 8.52. The third-order valence-corrected chi connectivity index (χ3v) is 0. The van der Waals surface area contributed by atoms with Gasteiger partial charge in [0.25, 0.3) is 0 Å². The van der Waals surface area contributed by atoms with Crippen LogP contribution in [0.4, 0.5) is 0 Å². The molecule has 0 saturated carbocycles. The summed E-state index contributed by atoms with van der Waals surface area (Å²) >= 11 is 0. The van der Waals surface area contributed by atoms with Crippen molar-refractivity contribution in [3.8, 4) is 0 Å². The molecule has 16 nitrogen and oxygen atoms in total. The van der Waals surface area contributed by atoms with Crippen molar-refractivity contribution >= 4 is 10.4 Å². The van der Waals surface area contributed by atoms with Crippen molar-refractivity contribution in [3.05, 3.63) is 0 Å². The predicted molar refractivity (Wildman–Crippen MR) is 53.8 cm³/mol. The van der Waals surface area contributed by atoms with Crippen LogP contribution in [0.2, 0.25) is 0 Å². The molecule has 0 aromatic carbocycles. The van der Waals surface area contributed by atoms with Crippen LogP contribution in [-0.2, 0) is 27.8 Å². The Balaban J connectivity index is -0.000000000879. The molecule has 0 heterocycles. The van der Waals surface area contributed by atoms with Gasteiger partial charge in [0.15, 0.2) is 0 Å². The third kappa shape index (κ3) is 2480. The Bertz CT molecular complexity index is 99.9. The van der Waals surface area contributed by atoms with Gasteiger partial charge in [0.2, 0.25) is 0 Å². The average Bonchev–Trinajstić information content (AvgIpc) is 0.722. The Labute approximate surface area is 161 Å². The minimum atomic E-state index is -5.17. The minimum absolute atomic E-state index is 0. The van der Waals surface area contributed by atoms with Crippen molar-refractivity contribution in [3.63, 3.8) is 0 Å². The van der Waals surface area contributed by atoms with Gasteiger partial charge in [-0.25, -0.2) is 0 Å². The number of hydrogen-bond acceptors (Lipinski definition) is 4. The van der Waals surface area contributed by atoms with E-state index < -0.39 is 10.4 Å². The second-order valence-electron chi connectivity index (χ2n) is 0.408. The summed E-state index contributed by atoms with van der Waals surface area (Å²) in [5.74, 6) is 0. The van der Waals surface area contributed by atoms with Crippen LogP contribution in [0.1, 0.15) is 0 Å². The molecule has 0 radical (unpaired) electrons. The van der Waals surface area contributed by atoms with Crippen LogP contribution >= 0.6 is 0 Å². The molecule has 132 valence electrons. The average molecular weight is 403 g/mol. The van der Waals surface area contributed by atoms with E-state index in [0.29, 0.717) is 0 Å². The molecule has 0 aliphatic heterocycles. The SMILES string of the molecule is O.O.O.O.O.O.O.O.O.O.O.O.O=S(=O)([O-])[O-].[Cr+2].[K+]. The van der Waals surface area contributed by atoms with Crippen molar-refractivity contribution in [1.29, 1.82) is 0 Å². The van der Waals surface area contributed by atoms with Crippen molar-refractivity contribution < 1.29 is 152 Å². The summed E-state index contributed by atoms with van der Waals surface area (Å²) in [7, 11) is -5.17. The van der Waals surface area contributed by atoms with E-state index in [1.54, 1.807) is 0 Å². The van der Waals surface area contributed by atoms with Gasteiger partial charge in [-0.15, -0.1) is 0 Å². The van der Waals surface area contributed by atoms with Gasteiger partial charge in [-0.05, 0) is 0 Å². The summed E-state index contributed by atoms with van der Waals surface area (Å²) in [6, 6.07) is 0. The summed E-state index contributed by atoms with van der Waals surface area (Å²) in [4.78, 5) is 0. The summed E-state index contributed by atoms with van der Waals surface area (Å²) in [6.45, 7) is 0. The Hall–Kier alpha value is 1.56. The van der Waals surface area contributed by atoms with Gasteiger partial charge >= 0.3 is 68.7 Å². The van der Waals surface area contributed by atoms with Crippen molar-refractivity contribution in [1.82, 2.24) is 0 Å². The summed E-state index contributed by atoms with van der Waals surface area (Å²) < 4.78 is 34.1. The monoisotopic (exact) mass is 403 g/mol. The normalized spacial score (nSPS) is 3.05. The fraction of sp³-hybridized carbons (Fsp3) is 0. The fourth-order valence-electron chi connectivity index (χ4n) is 0. The van der Waals surface area contributed by atoms with E-state index in [0.717, 1.165) is 0 Å². The van der Waals surface area contributed by atoms with Crippen molar-refractivity contribution in [2.75, 3.05) is 0 Å². The van der Waals surface area contributed by atoms with Crippen LogP contribution in [0.5, 0.6) is 0 Å². The zero-order valence-corrected chi connectivity index (χ0v) is 14.7. The maximum absolute atomic E-state index is 8.52. The van der Waals surface area contributed by atoms with E-state index in [4.69, 9.17) is 17.5 Å². The first-order chi connectivity index (χ1) is 2.00. The summed E-state index contributed by atoms with van der Waals surface area (Å²) in [6.07, 6.45) is 0. The largest absolute Gasteiger partial charge is 2.00 e. The van der Waals surface area contributed by atoms with Crippen LogP contribution < -0.4 is 51.4 Å². The van der Waals surface area contributed by atoms with E-state index in [1.807, 2.05) is 0 Å². The topological polar surface area (TPSA) is 458 Å². The van der Waals surface area contributed by atoms with Crippen molar-refractivity contribution in [2.24, 2.45) is 0 Å². The first kappa shape index (κ1) is 255. The smallest absolute Gasteiger partial charge is 0.759 e. The molecule has 0 unspecified atom stereocenters. The van der Waals surface area contributed by atoms with Gasteiger partial charge in [0, 0.05) is 10.4 Å². The third-order valence-electron chi connectivity index (χ3n) is 0.